The van der Waals surface area contributed by atoms with Crippen LogP contribution in [0.3, 0.4) is 0 Å². The first-order valence-electron chi connectivity index (χ1n) is 7.00. The molecule has 0 radical (unpaired) electrons. The van der Waals surface area contributed by atoms with Crippen LogP contribution in [0.2, 0.25) is 0 Å². The summed E-state index contributed by atoms with van der Waals surface area (Å²) in [5.41, 5.74) is 0.393. The quantitative estimate of drug-likeness (QED) is 0.630. The molecule has 3 rings (SSSR count). The van der Waals surface area contributed by atoms with Crippen molar-refractivity contribution in [2.24, 2.45) is 0 Å². The standard InChI is InChI=1S/C17H14FNO3/c18-12-7-8-14-15(11-12)17(21)19(16(14)20)9-4-10-22-13-5-2-1-3-6-13/h1-3,5-8,11H,4,9-10H2. The number of amides is 2. The molecule has 112 valence electrons. The Hall–Kier alpha value is -2.69. The number of halogens is 1. The third kappa shape index (κ3) is 2.70. The van der Waals surface area contributed by atoms with Gasteiger partial charge in [0.25, 0.3) is 11.8 Å². The zero-order valence-corrected chi connectivity index (χ0v) is 11.8. The topological polar surface area (TPSA) is 46.6 Å². The lowest BCUT2D eigenvalue weighted by Crippen LogP contribution is -2.31. The second kappa shape index (κ2) is 5.97. The lowest BCUT2D eigenvalue weighted by Gasteiger charge is -2.13. The van der Waals surface area contributed by atoms with Crippen LogP contribution < -0.4 is 4.74 Å². The predicted octanol–water partition coefficient (Wildman–Crippen LogP) is 2.89. The van der Waals surface area contributed by atoms with E-state index >= 15 is 0 Å². The van der Waals surface area contributed by atoms with Crippen LogP contribution in [-0.2, 0) is 0 Å². The van der Waals surface area contributed by atoms with E-state index in [1.807, 2.05) is 30.3 Å². The Morgan fingerprint density at radius 1 is 0.955 bits per heavy atom. The van der Waals surface area contributed by atoms with E-state index in [0.717, 1.165) is 16.7 Å². The Morgan fingerprint density at radius 3 is 2.45 bits per heavy atom. The highest BCUT2D eigenvalue weighted by atomic mass is 19.1. The molecule has 0 spiro atoms. The zero-order valence-electron chi connectivity index (χ0n) is 11.8. The van der Waals surface area contributed by atoms with Crippen LogP contribution in [0.4, 0.5) is 4.39 Å². The average Bonchev–Trinajstić information content (AvgIpc) is 2.76. The number of hydrogen-bond donors (Lipinski definition) is 0. The summed E-state index contributed by atoms with van der Waals surface area (Å²) in [7, 11) is 0. The average molecular weight is 299 g/mol. The van der Waals surface area contributed by atoms with Crippen molar-refractivity contribution >= 4 is 11.8 Å². The molecule has 1 heterocycles. The van der Waals surface area contributed by atoms with Crippen LogP contribution in [0.5, 0.6) is 5.75 Å². The molecule has 0 bridgehead atoms. The van der Waals surface area contributed by atoms with Gasteiger partial charge in [-0.05, 0) is 36.8 Å². The number of benzene rings is 2. The van der Waals surface area contributed by atoms with E-state index in [1.54, 1.807) is 0 Å². The summed E-state index contributed by atoms with van der Waals surface area (Å²) in [6.07, 6.45) is 0.517. The molecule has 1 aliphatic heterocycles. The third-order valence-electron chi connectivity index (χ3n) is 3.47. The molecule has 1 aliphatic rings. The fourth-order valence-corrected chi connectivity index (χ4v) is 2.40. The maximum absolute atomic E-state index is 13.2. The van der Waals surface area contributed by atoms with E-state index in [0.29, 0.717) is 13.0 Å². The Bertz CT molecular complexity index is 715. The Morgan fingerprint density at radius 2 is 1.68 bits per heavy atom. The fourth-order valence-electron chi connectivity index (χ4n) is 2.40. The maximum atomic E-state index is 13.2. The summed E-state index contributed by atoms with van der Waals surface area (Å²) in [6.45, 7) is 0.645. The number of para-hydroxylation sites is 1. The van der Waals surface area contributed by atoms with Crippen molar-refractivity contribution in [2.75, 3.05) is 13.2 Å². The monoisotopic (exact) mass is 299 g/mol. The largest absolute Gasteiger partial charge is 0.494 e. The number of rotatable bonds is 5. The molecule has 0 N–H and O–H groups in total. The van der Waals surface area contributed by atoms with Gasteiger partial charge >= 0.3 is 0 Å². The zero-order chi connectivity index (χ0) is 15.5. The molecule has 0 atom stereocenters. The number of nitrogens with zero attached hydrogens (tertiary/aromatic N) is 1. The maximum Gasteiger partial charge on any atom is 0.261 e. The molecule has 0 aliphatic carbocycles. The molecule has 2 aromatic rings. The van der Waals surface area contributed by atoms with Gasteiger partial charge in [-0.3, -0.25) is 14.5 Å². The van der Waals surface area contributed by atoms with Gasteiger partial charge in [-0.25, -0.2) is 4.39 Å². The highest BCUT2D eigenvalue weighted by Gasteiger charge is 2.35. The fraction of sp³-hybridized carbons (Fsp3) is 0.176. The van der Waals surface area contributed by atoms with E-state index in [1.165, 1.54) is 12.1 Å². The van der Waals surface area contributed by atoms with Crippen LogP contribution in [-0.4, -0.2) is 29.9 Å². The minimum atomic E-state index is -0.519. The van der Waals surface area contributed by atoms with Crippen molar-refractivity contribution in [1.29, 1.82) is 0 Å². The Balaban J connectivity index is 1.58. The van der Waals surface area contributed by atoms with E-state index in [9.17, 15) is 14.0 Å². The molecule has 0 fully saturated rings. The summed E-state index contributed by atoms with van der Waals surface area (Å²) in [5.74, 6) is -0.597. The van der Waals surface area contributed by atoms with E-state index < -0.39 is 11.7 Å². The predicted molar refractivity (Wildman–Crippen MR) is 78.3 cm³/mol. The second-order valence-electron chi connectivity index (χ2n) is 4.97. The SMILES string of the molecule is O=C1c2ccc(F)cc2C(=O)N1CCCOc1ccccc1. The molecule has 4 nitrogen and oxygen atoms in total. The lowest BCUT2D eigenvalue weighted by atomic mass is 10.1. The summed E-state index contributed by atoms with van der Waals surface area (Å²) < 4.78 is 18.7. The number of fused-ring (bicyclic) bond motifs is 1. The summed E-state index contributed by atoms with van der Waals surface area (Å²) in [5, 5.41) is 0. The first-order valence-corrected chi connectivity index (χ1v) is 7.00. The van der Waals surface area contributed by atoms with Crippen LogP contribution in [0.15, 0.2) is 48.5 Å². The summed E-state index contributed by atoms with van der Waals surface area (Å²) >= 11 is 0. The Labute approximate surface area is 127 Å². The molecule has 5 heteroatoms. The molecule has 0 unspecified atom stereocenters. The highest BCUT2D eigenvalue weighted by Crippen LogP contribution is 2.23. The minimum Gasteiger partial charge on any atom is -0.494 e. The minimum absolute atomic E-state index is 0.133. The molecule has 22 heavy (non-hydrogen) atoms. The van der Waals surface area contributed by atoms with Crippen LogP contribution in [0, 0.1) is 5.82 Å². The van der Waals surface area contributed by atoms with E-state index in [2.05, 4.69) is 0 Å². The molecule has 0 saturated heterocycles. The van der Waals surface area contributed by atoms with Gasteiger partial charge in [0, 0.05) is 6.54 Å². The van der Waals surface area contributed by atoms with Gasteiger partial charge in [-0.1, -0.05) is 18.2 Å². The first kappa shape index (κ1) is 14.3. The van der Waals surface area contributed by atoms with Gasteiger partial charge in [0.1, 0.15) is 11.6 Å². The van der Waals surface area contributed by atoms with E-state index in [-0.39, 0.29) is 23.6 Å². The van der Waals surface area contributed by atoms with Crippen molar-refractivity contribution in [3.8, 4) is 5.75 Å². The van der Waals surface area contributed by atoms with Gasteiger partial charge in [-0.15, -0.1) is 0 Å². The second-order valence-corrected chi connectivity index (χ2v) is 4.97. The molecular weight excluding hydrogens is 285 g/mol. The first-order chi connectivity index (χ1) is 10.7. The third-order valence-corrected chi connectivity index (χ3v) is 3.47. The number of carbonyl (C=O) groups excluding carboxylic acids is 2. The smallest absolute Gasteiger partial charge is 0.261 e. The summed E-state index contributed by atoms with van der Waals surface area (Å²) in [6, 6.07) is 13.0. The number of imide groups is 1. The van der Waals surface area contributed by atoms with Gasteiger partial charge < -0.3 is 4.74 Å². The normalized spacial score (nSPS) is 13.4. The van der Waals surface area contributed by atoms with Crippen molar-refractivity contribution < 1.29 is 18.7 Å². The van der Waals surface area contributed by atoms with Crippen molar-refractivity contribution in [3.63, 3.8) is 0 Å². The molecule has 2 amide bonds. The van der Waals surface area contributed by atoms with Crippen LogP contribution >= 0.6 is 0 Å². The van der Waals surface area contributed by atoms with Gasteiger partial charge in [-0.2, -0.15) is 0 Å². The van der Waals surface area contributed by atoms with Crippen molar-refractivity contribution in [2.45, 2.75) is 6.42 Å². The number of hydrogen-bond acceptors (Lipinski definition) is 3. The van der Waals surface area contributed by atoms with Crippen LogP contribution in [0.1, 0.15) is 27.1 Å². The molecular formula is C17H14FNO3. The van der Waals surface area contributed by atoms with Crippen molar-refractivity contribution in [3.05, 3.63) is 65.5 Å². The van der Waals surface area contributed by atoms with Gasteiger partial charge in [0.2, 0.25) is 0 Å². The molecule has 0 saturated carbocycles. The molecule has 0 aromatic heterocycles. The number of ether oxygens (including phenoxy) is 1. The molecule has 2 aromatic carbocycles. The summed E-state index contributed by atoms with van der Waals surface area (Å²) in [4.78, 5) is 25.4. The van der Waals surface area contributed by atoms with Gasteiger partial charge in [0.15, 0.2) is 0 Å². The van der Waals surface area contributed by atoms with Crippen molar-refractivity contribution in [1.82, 2.24) is 4.90 Å². The lowest BCUT2D eigenvalue weighted by molar-refractivity contribution is 0.0646. The highest BCUT2D eigenvalue weighted by molar-refractivity contribution is 6.21. The van der Waals surface area contributed by atoms with E-state index in [4.69, 9.17) is 4.74 Å². The Kier molecular flexibility index (Phi) is 3.87. The van der Waals surface area contributed by atoms with Crippen LogP contribution in [0.25, 0.3) is 0 Å². The number of carbonyl (C=O) groups is 2. The van der Waals surface area contributed by atoms with Gasteiger partial charge in [0.05, 0.1) is 17.7 Å².